The van der Waals surface area contributed by atoms with E-state index >= 15 is 0 Å². The first-order valence-corrected chi connectivity index (χ1v) is 11.8. The van der Waals surface area contributed by atoms with Crippen molar-refractivity contribution in [1.82, 2.24) is 0 Å². The van der Waals surface area contributed by atoms with Gasteiger partial charge in [-0.05, 0) is 41.7 Å². The van der Waals surface area contributed by atoms with Crippen molar-refractivity contribution in [2.75, 3.05) is 11.7 Å². The molecule has 0 spiro atoms. The van der Waals surface area contributed by atoms with Gasteiger partial charge in [0, 0.05) is 16.6 Å². The molecule has 0 aliphatic rings. The van der Waals surface area contributed by atoms with Gasteiger partial charge >= 0.3 is 5.97 Å². The molecule has 0 fully saturated rings. The summed E-state index contributed by atoms with van der Waals surface area (Å²) in [6.45, 7) is 0. The van der Waals surface area contributed by atoms with Gasteiger partial charge in [0.25, 0.3) is 0 Å². The summed E-state index contributed by atoms with van der Waals surface area (Å²) >= 11 is 1.73. The van der Waals surface area contributed by atoms with Crippen LogP contribution in [0.2, 0.25) is 0 Å². The monoisotopic (exact) mass is 412 g/mol. The summed E-state index contributed by atoms with van der Waals surface area (Å²) in [5.74, 6) is -1.11. The minimum atomic E-state index is -1.63. The van der Waals surface area contributed by atoms with Crippen LogP contribution < -0.4 is 0 Å². The molecule has 0 heterocycles. The highest BCUT2D eigenvalue weighted by Crippen LogP contribution is 2.34. The Bertz CT molecular complexity index is 911. The lowest BCUT2D eigenvalue weighted by Crippen LogP contribution is -2.41. The van der Waals surface area contributed by atoms with Crippen LogP contribution in [0.1, 0.15) is 18.4 Å². The maximum Gasteiger partial charge on any atom is 0.336 e. The summed E-state index contributed by atoms with van der Waals surface area (Å²) in [5.41, 5.74) is 0.346. The maximum atomic E-state index is 11.7. The molecule has 146 valence electrons. The number of carbonyl (C=O) groups is 1. The Hall–Kier alpha value is -1.87. The van der Waals surface area contributed by atoms with Crippen molar-refractivity contribution in [3.05, 3.63) is 78.4 Å². The standard InChI is InChI=1S/C23H25O3PS/c24-22(25)23(26,15-7-10-18-8-2-1-3-9-18)16-27-17-28-21-14-6-12-19-11-4-5-13-20(19)21/h1-6,8-9,11-14,26-27H,7,10,15-17H2,(H,24,25). The number of aliphatic hydroxyl groups is 1. The molecule has 0 amide bonds. The van der Waals surface area contributed by atoms with Crippen LogP contribution in [0, 0.1) is 0 Å². The van der Waals surface area contributed by atoms with E-state index in [0.29, 0.717) is 21.2 Å². The summed E-state index contributed by atoms with van der Waals surface area (Å²) in [5, 5.41) is 22.6. The first-order chi connectivity index (χ1) is 13.6. The zero-order valence-electron chi connectivity index (χ0n) is 15.7. The SMILES string of the molecule is O=C(O)C(O)(CCCc1ccccc1)CPCSc1cccc2ccccc12. The topological polar surface area (TPSA) is 57.5 Å². The zero-order chi connectivity index (χ0) is 19.8. The molecule has 0 aromatic heterocycles. The third-order valence-electron chi connectivity index (χ3n) is 4.79. The highest BCUT2D eigenvalue weighted by Gasteiger charge is 2.34. The number of carboxylic acids is 1. The van der Waals surface area contributed by atoms with Crippen LogP contribution in [0.25, 0.3) is 10.8 Å². The summed E-state index contributed by atoms with van der Waals surface area (Å²) in [6, 6.07) is 24.5. The second-order valence-electron chi connectivity index (χ2n) is 6.87. The average molecular weight is 412 g/mol. The van der Waals surface area contributed by atoms with Gasteiger partial charge in [0.1, 0.15) is 0 Å². The Morgan fingerprint density at radius 3 is 2.46 bits per heavy atom. The van der Waals surface area contributed by atoms with Crippen molar-refractivity contribution >= 4 is 37.1 Å². The molecule has 0 radical (unpaired) electrons. The Balaban J connectivity index is 1.51. The highest BCUT2D eigenvalue weighted by atomic mass is 32.2. The van der Waals surface area contributed by atoms with E-state index in [1.165, 1.54) is 21.2 Å². The predicted octanol–water partition coefficient (Wildman–Crippen LogP) is 5.41. The van der Waals surface area contributed by atoms with Crippen LogP contribution in [0.3, 0.4) is 0 Å². The van der Waals surface area contributed by atoms with Gasteiger partial charge in [0.2, 0.25) is 0 Å². The lowest BCUT2D eigenvalue weighted by molar-refractivity contribution is -0.156. The van der Waals surface area contributed by atoms with E-state index < -0.39 is 11.6 Å². The second kappa shape index (κ2) is 10.1. The fourth-order valence-corrected chi connectivity index (χ4v) is 5.91. The van der Waals surface area contributed by atoms with Gasteiger partial charge < -0.3 is 10.2 Å². The minimum Gasteiger partial charge on any atom is -0.479 e. The van der Waals surface area contributed by atoms with Crippen LogP contribution in [0.4, 0.5) is 0 Å². The van der Waals surface area contributed by atoms with Crippen LogP contribution >= 0.6 is 20.3 Å². The molecule has 0 aliphatic carbocycles. The maximum absolute atomic E-state index is 11.7. The van der Waals surface area contributed by atoms with E-state index in [-0.39, 0.29) is 6.42 Å². The fraction of sp³-hybridized carbons (Fsp3) is 0.261. The number of benzene rings is 3. The second-order valence-corrected chi connectivity index (χ2v) is 9.61. The van der Waals surface area contributed by atoms with E-state index in [2.05, 4.69) is 24.3 Å². The Morgan fingerprint density at radius 1 is 0.964 bits per heavy atom. The van der Waals surface area contributed by atoms with Crippen molar-refractivity contribution in [1.29, 1.82) is 0 Å². The molecule has 5 heteroatoms. The molecule has 3 aromatic carbocycles. The number of carboxylic acid groups (broad SMARTS) is 1. The summed E-state index contributed by atoms with van der Waals surface area (Å²) in [4.78, 5) is 12.9. The Kier molecular flexibility index (Phi) is 7.50. The summed E-state index contributed by atoms with van der Waals surface area (Å²) in [7, 11) is 0.383. The molecule has 2 atom stereocenters. The normalized spacial score (nSPS) is 13.8. The molecule has 0 aliphatic heterocycles. The van der Waals surface area contributed by atoms with Crippen molar-refractivity contribution in [2.45, 2.75) is 29.8 Å². The molecule has 3 nitrogen and oxygen atoms in total. The quantitative estimate of drug-likeness (QED) is 0.266. The van der Waals surface area contributed by atoms with Gasteiger partial charge in [-0.3, -0.25) is 0 Å². The number of thioether (sulfide) groups is 1. The van der Waals surface area contributed by atoms with Crippen molar-refractivity contribution < 1.29 is 15.0 Å². The first kappa shape index (κ1) is 20.9. The highest BCUT2D eigenvalue weighted by molar-refractivity contribution is 8.03. The van der Waals surface area contributed by atoms with Crippen molar-refractivity contribution in [3.8, 4) is 0 Å². The zero-order valence-corrected chi connectivity index (χ0v) is 17.5. The van der Waals surface area contributed by atoms with Crippen LogP contribution in [-0.4, -0.2) is 33.4 Å². The Morgan fingerprint density at radius 2 is 1.68 bits per heavy atom. The van der Waals surface area contributed by atoms with Gasteiger partial charge in [0.15, 0.2) is 5.60 Å². The van der Waals surface area contributed by atoms with E-state index in [9.17, 15) is 15.0 Å². The first-order valence-electron chi connectivity index (χ1n) is 9.39. The number of fused-ring (bicyclic) bond motifs is 1. The third kappa shape index (κ3) is 5.57. The van der Waals surface area contributed by atoms with Crippen LogP contribution in [-0.2, 0) is 11.2 Å². The van der Waals surface area contributed by atoms with Crippen LogP contribution in [0.5, 0.6) is 0 Å². The van der Waals surface area contributed by atoms with Gasteiger partial charge in [-0.15, -0.1) is 20.3 Å². The lowest BCUT2D eigenvalue weighted by Gasteiger charge is -2.23. The smallest absolute Gasteiger partial charge is 0.336 e. The molecule has 0 bridgehead atoms. The van der Waals surface area contributed by atoms with Crippen LogP contribution in [0.15, 0.2) is 77.7 Å². The number of aryl methyl sites for hydroxylation is 1. The number of hydrogen-bond acceptors (Lipinski definition) is 3. The molecule has 3 aromatic rings. The van der Waals surface area contributed by atoms with Gasteiger partial charge in [-0.25, -0.2) is 4.79 Å². The largest absolute Gasteiger partial charge is 0.479 e. The van der Waals surface area contributed by atoms with E-state index in [1.54, 1.807) is 11.8 Å². The van der Waals surface area contributed by atoms with E-state index in [0.717, 1.165) is 11.9 Å². The summed E-state index contributed by atoms with van der Waals surface area (Å²) < 4.78 is 0. The van der Waals surface area contributed by atoms with Crippen molar-refractivity contribution in [3.63, 3.8) is 0 Å². The summed E-state index contributed by atoms with van der Waals surface area (Å²) in [6.07, 6.45) is 2.02. The Labute approximate surface area is 172 Å². The van der Waals surface area contributed by atoms with Gasteiger partial charge in [-0.1, -0.05) is 66.7 Å². The predicted molar refractivity (Wildman–Crippen MR) is 120 cm³/mol. The van der Waals surface area contributed by atoms with Gasteiger partial charge in [0.05, 0.1) is 0 Å². The molecule has 2 unspecified atom stereocenters. The van der Waals surface area contributed by atoms with E-state index in [1.807, 2.05) is 48.5 Å². The number of rotatable bonds is 10. The third-order valence-corrected chi connectivity index (χ3v) is 7.69. The molecule has 0 saturated carbocycles. The lowest BCUT2D eigenvalue weighted by atomic mass is 9.97. The molecular formula is C23H25O3PS. The van der Waals surface area contributed by atoms with Gasteiger partial charge in [-0.2, -0.15) is 0 Å². The number of aliphatic carboxylic acids is 1. The minimum absolute atomic E-state index is 0.281. The van der Waals surface area contributed by atoms with Crippen molar-refractivity contribution in [2.24, 2.45) is 0 Å². The molecule has 3 rings (SSSR count). The molecule has 2 N–H and O–H groups in total. The number of hydrogen-bond donors (Lipinski definition) is 2. The molecule has 28 heavy (non-hydrogen) atoms. The molecule has 0 saturated heterocycles. The molecular weight excluding hydrogens is 387 g/mol. The fourth-order valence-electron chi connectivity index (χ4n) is 3.21. The van der Waals surface area contributed by atoms with E-state index in [4.69, 9.17) is 0 Å². The average Bonchev–Trinajstić information content (AvgIpc) is 2.72.